The summed E-state index contributed by atoms with van der Waals surface area (Å²) in [6.07, 6.45) is 4.85. The first-order valence-corrected chi connectivity index (χ1v) is 9.28. The highest BCUT2D eigenvalue weighted by atomic mass is 19.1. The maximum atomic E-state index is 13.0. The molecule has 2 atom stereocenters. The van der Waals surface area contributed by atoms with Crippen LogP contribution in [0.15, 0.2) is 24.3 Å². The molecule has 1 heterocycles. The van der Waals surface area contributed by atoms with Crippen molar-refractivity contribution < 1.29 is 14.3 Å². The molecule has 138 valence electrons. The number of piperidine rings is 1. The minimum absolute atomic E-state index is 0.101. The van der Waals surface area contributed by atoms with Crippen molar-refractivity contribution in [3.05, 3.63) is 35.6 Å². The molecule has 0 radical (unpaired) electrons. The van der Waals surface area contributed by atoms with Gasteiger partial charge in [0.05, 0.1) is 0 Å². The number of aliphatic hydroxyl groups is 1. The highest BCUT2D eigenvalue weighted by Gasteiger charge is 2.29. The minimum atomic E-state index is -0.205. The molecular weight excluding hydrogens is 321 g/mol. The van der Waals surface area contributed by atoms with Crippen LogP contribution in [0.25, 0.3) is 0 Å². The van der Waals surface area contributed by atoms with Crippen LogP contribution in [0.5, 0.6) is 0 Å². The molecule has 1 saturated heterocycles. The van der Waals surface area contributed by atoms with E-state index >= 15 is 0 Å². The van der Waals surface area contributed by atoms with Crippen LogP contribution >= 0.6 is 0 Å². The fourth-order valence-corrected chi connectivity index (χ4v) is 3.92. The van der Waals surface area contributed by atoms with Crippen LogP contribution in [0.3, 0.4) is 0 Å². The van der Waals surface area contributed by atoms with E-state index in [4.69, 9.17) is 0 Å². The lowest BCUT2D eigenvalue weighted by molar-refractivity contribution is 0.179. The Morgan fingerprint density at radius 3 is 2.52 bits per heavy atom. The molecule has 0 spiro atoms. The number of aliphatic hydroxyl groups excluding tert-OH is 1. The van der Waals surface area contributed by atoms with Crippen LogP contribution in [0, 0.1) is 11.7 Å². The van der Waals surface area contributed by atoms with Crippen LogP contribution < -0.4 is 10.6 Å². The largest absolute Gasteiger partial charge is 0.396 e. The predicted molar refractivity (Wildman–Crippen MR) is 94.6 cm³/mol. The van der Waals surface area contributed by atoms with E-state index in [1.165, 1.54) is 12.1 Å². The van der Waals surface area contributed by atoms with Crippen molar-refractivity contribution in [3.63, 3.8) is 0 Å². The van der Waals surface area contributed by atoms with Gasteiger partial charge in [-0.15, -0.1) is 0 Å². The number of benzene rings is 1. The Bertz CT molecular complexity index is 558. The number of rotatable bonds is 5. The quantitative estimate of drug-likeness (QED) is 0.764. The van der Waals surface area contributed by atoms with Gasteiger partial charge in [-0.1, -0.05) is 18.6 Å². The third kappa shape index (κ3) is 5.16. The zero-order chi connectivity index (χ0) is 17.6. The number of urea groups is 1. The molecule has 2 fully saturated rings. The van der Waals surface area contributed by atoms with E-state index in [2.05, 4.69) is 15.5 Å². The van der Waals surface area contributed by atoms with Crippen molar-refractivity contribution in [1.29, 1.82) is 0 Å². The summed E-state index contributed by atoms with van der Waals surface area (Å²) in [5.74, 6) is -0.00771. The van der Waals surface area contributed by atoms with Gasteiger partial charge in [-0.3, -0.25) is 4.90 Å². The van der Waals surface area contributed by atoms with Gasteiger partial charge in [0.25, 0.3) is 0 Å². The predicted octanol–water partition coefficient (Wildman–Crippen LogP) is 2.25. The number of carbonyl (C=O) groups is 1. The van der Waals surface area contributed by atoms with Gasteiger partial charge in [0, 0.05) is 44.2 Å². The lowest BCUT2D eigenvalue weighted by atomic mass is 10.0. The summed E-state index contributed by atoms with van der Waals surface area (Å²) in [6, 6.07) is 6.83. The Hall–Kier alpha value is -1.66. The van der Waals surface area contributed by atoms with Crippen molar-refractivity contribution >= 4 is 6.03 Å². The topological polar surface area (TPSA) is 64.6 Å². The van der Waals surface area contributed by atoms with Crippen LogP contribution in [0.2, 0.25) is 0 Å². The fourth-order valence-electron chi connectivity index (χ4n) is 3.92. The molecule has 1 saturated carbocycles. The summed E-state index contributed by atoms with van der Waals surface area (Å²) < 4.78 is 13.0. The highest BCUT2D eigenvalue weighted by molar-refractivity contribution is 5.74. The molecule has 2 amide bonds. The number of nitrogens with zero attached hydrogens (tertiary/aromatic N) is 1. The van der Waals surface area contributed by atoms with Crippen molar-refractivity contribution in [2.24, 2.45) is 5.92 Å². The van der Waals surface area contributed by atoms with Crippen molar-refractivity contribution in [2.45, 2.75) is 50.7 Å². The lowest BCUT2D eigenvalue weighted by Gasteiger charge is -2.32. The molecule has 0 aromatic heterocycles. The normalized spacial score (nSPS) is 25.0. The van der Waals surface area contributed by atoms with E-state index in [1.807, 2.05) is 12.1 Å². The van der Waals surface area contributed by atoms with Crippen molar-refractivity contribution in [1.82, 2.24) is 15.5 Å². The molecule has 1 aliphatic heterocycles. The number of carbonyl (C=O) groups excluding carboxylic acids is 1. The molecule has 1 aromatic rings. The smallest absolute Gasteiger partial charge is 0.315 e. The van der Waals surface area contributed by atoms with Crippen molar-refractivity contribution in [3.8, 4) is 0 Å². The summed E-state index contributed by atoms with van der Waals surface area (Å²) in [5.41, 5.74) is 1.11. The third-order valence-electron chi connectivity index (χ3n) is 5.45. The molecule has 25 heavy (non-hydrogen) atoms. The van der Waals surface area contributed by atoms with Gasteiger partial charge in [0.2, 0.25) is 0 Å². The maximum absolute atomic E-state index is 13.0. The van der Waals surface area contributed by atoms with Gasteiger partial charge in [-0.05, 0) is 43.4 Å². The van der Waals surface area contributed by atoms with Crippen LogP contribution in [-0.4, -0.2) is 47.8 Å². The first kappa shape index (κ1) is 18.1. The highest BCUT2D eigenvalue weighted by Crippen LogP contribution is 2.25. The summed E-state index contributed by atoms with van der Waals surface area (Å²) in [7, 11) is 0. The third-order valence-corrected chi connectivity index (χ3v) is 5.45. The van der Waals surface area contributed by atoms with E-state index in [1.54, 1.807) is 0 Å². The first-order chi connectivity index (χ1) is 12.1. The Morgan fingerprint density at radius 2 is 1.84 bits per heavy atom. The molecule has 1 aromatic carbocycles. The first-order valence-electron chi connectivity index (χ1n) is 9.28. The fraction of sp³-hybridized carbons (Fsp3) is 0.632. The molecule has 3 N–H and O–H groups in total. The SMILES string of the molecule is O=C(NC1CCN(Cc2ccc(F)cc2)CC1)N[C@H]1CCC[C@@H]1CO. The second kappa shape index (κ2) is 8.63. The van der Waals surface area contributed by atoms with E-state index in [0.717, 1.165) is 57.3 Å². The molecule has 3 rings (SSSR count). The summed E-state index contributed by atoms with van der Waals surface area (Å²) in [4.78, 5) is 14.5. The van der Waals surface area contributed by atoms with Gasteiger partial charge in [-0.25, -0.2) is 9.18 Å². The Labute approximate surface area is 148 Å². The van der Waals surface area contributed by atoms with Crippen molar-refractivity contribution in [2.75, 3.05) is 19.7 Å². The Kier molecular flexibility index (Phi) is 6.26. The van der Waals surface area contributed by atoms with Gasteiger partial charge in [-0.2, -0.15) is 0 Å². The monoisotopic (exact) mass is 349 g/mol. The number of amides is 2. The van der Waals surface area contributed by atoms with Crippen LogP contribution in [0.1, 0.15) is 37.7 Å². The average Bonchev–Trinajstić information content (AvgIpc) is 3.05. The summed E-state index contributed by atoms with van der Waals surface area (Å²) in [5, 5.41) is 15.4. The van der Waals surface area contributed by atoms with E-state index in [0.29, 0.717) is 0 Å². The zero-order valence-corrected chi connectivity index (χ0v) is 14.6. The second-order valence-electron chi connectivity index (χ2n) is 7.27. The van der Waals surface area contributed by atoms with Gasteiger partial charge in [0.15, 0.2) is 0 Å². The standard InChI is InChI=1S/C19H28FN3O2/c20-16-6-4-14(5-7-16)12-23-10-8-17(9-11-23)21-19(25)22-18-3-1-2-15(18)13-24/h4-7,15,17-18,24H,1-3,8-13H2,(H2,21,22,25)/t15-,18+/m1/s1. The van der Waals surface area contributed by atoms with Gasteiger partial charge >= 0.3 is 6.03 Å². The second-order valence-corrected chi connectivity index (χ2v) is 7.27. The lowest BCUT2D eigenvalue weighted by Crippen LogP contribution is -2.50. The molecule has 1 aliphatic carbocycles. The number of nitrogens with one attached hydrogen (secondary N) is 2. The van der Waals surface area contributed by atoms with E-state index in [9.17, 15) is 14.3 Å². The Morgan fingerprint density at radius 1 is 1.12 bits per heavy atom. The number of likely N-dealkylation sites (tertiary alicyclic amines) is 1. The Balaban J connectivity index is 1.38. The maximum Gasteiger partial charge on any atom is 0.315 e. The number of halogens is 1. The molecule has 0 unspecified atom stereocenters. The van der Waals surface area contributed by atoms with Crippen LogP contribution in [0.4, 0.5) is 9.18 Å². The average molecular weight is 349 g/mol. The molecular formula is C19H28FN3O2. The van der Waals surface area contributed by atoms with E-state index in [-0.39, 0.29) is 36.5 Å². The number of hydrogen-bond acceptors (Lipinski definition) is 3. The minimum Gasteiger partial charge on any atom is -0.396 e. The summed E-state index contributed by atoms with van der Waals surface area (Å²) in [6.45, 7) is 2.81. The zero-order valence-electron chi connectivity index (χ0n) is 14.6. The molecule has 0 bridgehead atoms. The van der Waals surface area contributed by atoms with Crippen LogP contribution in [-0.2, 0) is 6.54 Å². The van der Waals surface area contributed by atoms with E-state index < -0.39 is 0 Å². The van der Waals surface area contributed by atoms with Gasteiger partial charge in [0.1, 0.15) is 5.82 Å². The van der Waals surface area contributed by atoms with Gasteiger partial charge < -0.3 is 15.7 Å². The molecule has 2 aliphatic rings. The number of hydrogen-bond donors (Lipinski definition) is 3. The molecule has 5 nitrogen and oxygen atoms in total. The molecule has 6 heteroatoms. The summed E-state index contributed by atoms with van der Waals surface area (Å²) >= 11 is 0.